The summed E-state index contributed by atoms with van der Waals surface area (Å²) in [5, 5.41) is 0. The normalized spacial score (nSPS) is 13.8. The lowest BCUT2D eigenvalue weighted by molar-refractivity contribution is 0.0991. The molecule has 1 nitrogen and oxygen atoms in total. The van der Waals surface area contributed by atoms with Gasteiger partial charge in [-0.05, 0) is 17.5 Å². The Labute approximate surface area is 136 Å². The van der Waals surface area contributed by atoms with Crippen LogP contribution in [0.15, 0.2) is 54.6 Å². The summed E-state index contributed by atoms with van der Waals surface area (Å²) in [6.45, 7) is 2.11. The van der Waals surface area contributed by atoms with Gasteiger partial charge in [-0.1, -0.05) is 93.4 Å². The highest BCUT2D eigenvalue weighted by Crippen LogP contribution is 2.33. The highest BCUT2D eigenvalue weighted by Gasteiger charge is 2.25. The second-order valence-electron chi connectivity index (χ2n) is 4.63. The fraction of sp³-hybridized carbons (Fsp3) is 0.235. The van der Waals surface area contributed by atoms with E-state index in [1.165, 1.54) is 5.56 Å². The van der Waals surface area contributed by atoms with E-state index in [-0.39, 0.29) is 15.4 Å². The average Bonchev–Trinajstić information content (AvgIpc) is 2.53. The number of ketones is 1. The summed E-state index contributed by atoms with van der Waals surface area (Å²) in [7, 11) is 0. The van der Waals surface area contributed by atoms with Crippen LogP contribution in [0.1, 0.15) is 33.2 Å². The first-order valence-corrected chi connectivity index (χ1v) is 8.43. The van der Waals surface area contributed by atoms with Gasteiger partial charge in [0.1, 0.15) is 0 Å². The molecule has 0 aromatic heterocycles. The molecule has 0 heterocycles. The van der Waals surface area contributed by atoms with E-state index in [0.717, 1.165) is 17.5 Å². The zero-order chi connectivity index (χ0) is 14.5. The van der Waals surface area contributed by atoms with E-state index in [2.05, 4.69) is 38.8 Å². The summed E-state index contributed by atoms with van der Waals surface area (Å²) in [4.78, 5) is 12.2. The van der Waals surface area contributed by atoms with Crippen LogP contribution in [0.4, 0.5) is 0 Å². The molecule has 20 heavy (non-hydrogen) atoms. The van der Waals surface area contributed by atoms with Gasteiger partial charge in [0.15, 0.2) is 5.78 Å². The molecule has 2 aromatic rings. The molecule has 0 spiro atoms. The summed E-state index contributed by atoms with van der Waals surface area (Å²) in [6.07, 6.45) is 0.983. The topological polar surface area (TPSA) is 17.1 Å². The van der Waals surface area contributed by atoms with Gasteiger partial charge in [0.05, 0.1) is 9.65 Å². The first-order chi connectivity index (χ1) is 9.63. The quantitative estimate of drug-likeness (QED) is 0.493. The van der Waals surface area contributed by atoms with E-state index in [0.29, 0.717) is 0 Å². The number of alkyl halides is 2. The first kappa shape index (κ1) is 15.5. The van der Waals surface area contributed by atoms with E-state index in [4.69, 9.17) is 0 Å². The van der Waals surface area contributed by atoms with Crippen LogP contribution in [-0.4, -0.2) is 10.6 Å². The van der Waals surface area contributed by atoms with Gasteiger partial charge in [-0.3, -0.25) is 4.79 Å². The van der Waals surface area contributed by atoms with E-state index in [1.54, 1.807) is 0 Å². The van der Waals surface area contributed by atoms with Crippen LogP contribution >= 0.6 is 31.9 Å². The Kier molecular flexibility index (Phi) is 5.55. The van der Waals surface area contributed by atoms with Gasteiger partial charge in [0.2, 0.25) is 0 Å². The van der Waals surface area contributed by atoms with Crippen molar-refractivity contribution in [2.75, 3.05) is 0 Å². The van der Waals surface area contributed by atoms with Gasteiger partial charge in [0, 0.05) is 5.56 Å². The molecule has 0 saturated carbocycles. The third-order valence-electron chi connectivity index (χ3n) is 3.27. The van der Waals surface area contributed by atoms with Crippen molar-refractivity contribution in [1.82, 2.24) is 0 Å². The van der Waals surface area contributed by atoms with E-state index in [9.17, 15) is 4.79 Å². The molecular formula is C17H16Br2O. The van der Waals surface area contributed by atoms with Crippen LogP contribution in [0.2, 0.25) is 0 Å². The monoisotopic (exact) mass is 394 g/mol. The molecule has 2 rings (SSSR count). The lowest BCUT2D eigenvalue weighted by Gasteiger charge is -2.16. The Balaban J connectivity index is 2.15. The van der Waals surface area contributed by atoms with Gasteiger partial charge >= 0.3 is 0 Å². The molecule has 0 unspecified atom stereocenters. The summed E-state index contributed by atoms with van der Waals surface area (Å²) in [6, 6.07) is 17.8. The maximum absolute atomic E-state index is 12.5. The molecule has 3 heteroatoms. The van der Waals surface area contributed by atoms with Crippen LogP contribution < -0.4 is 0 Å². The van der Waals surface area contributed by atoms with Crippen molar-refractivity contribution in [3.63, 3.8) is 0 Å². The molecule has 2 atom stereocenters. The second-order valence-corrected chi connectivity index (χ2v) is 6.60. The zero-order valence-electron chi connectivity index (χ0n) is 11.2. The average molecular weight is 396 g/mol. The number of halogens is 2. The Bertz CT molecular complexity index is 563. The van der Waals surface area contributed by atoms with Crippen LogP contribution in [-0.2, 0) is 6.42 Å². The number of hydrogen-bond donors (Lipinski definition) is 0. The highest BCUT2D eigenvalue weighted by molar-refractivity contribution is 9.12. The minimum atomic E-state index is -0.280. The fourth-order valence-corrected chi connectivity index (χ4v) is 3.12. The molecule has 2 aromatic carbocycles. The molecule has 0 bridgehead atoms. The van der Waals surface area contributed by atoms with Crippen LogP contribution in [0.25, 0.3) is 0 Å². The molecule has 0 aliphatic carbocycles. The van der Waals surface area contributed by atoms with E-state index >= 15 is 0 Å². The predicted molar refractivity (Wildman–Crippen MR) is 91.0 cm³/mol. The first-order valence-electron chi connectivity index (χ1n) is 6.59. The summed E-state index contributed by atoms with van der Waals surface area (Å²) in [5.41, 5.74) is 3.07. The van der Waals surface area contributed by atoms with Crippen molar-refractivity contribution in [2.24, 2.45) is 0 Å². The van der Waals surface area contributed by atoms with Crippen molar-refractivity contribution < 1.29 is 4.79 Å². The number of Topliss-reactive ketones (excluding diaryl/α,β-unsaturated/α-hetero) is 1. The minimum Gasteiger partial charge on any atom is -0.293 e. The Morgan fingerprint density at radius 3 is 2.15 bits per heavy atom. The lowest BCUT2D eigenvalue weighted by atomic mass is 10.0. The van der Waals surface area contributed by atoms with Gasteiger partial charge in [-0.2, -0.15) is 0 Å². The van der Waals surface area contributed by atoms with Crippen LogP contribution in [0, 0.1) is 0 Å². The molecule has 0 N–H and O–H groups in total. The molecule has 0 aliphatic heterocycles. The van der Waals surface area contributed by atoms with Crippen molar-refractivity contribution in [3.8, 4) is 0 Å². The number of benzene rings is 2. The third kappa shape index (κ3) is 3.58. The number of hydrogen-bond acceptors (Lipinski definition) is 1. The van der Waals surface area contributed by atoms with Gasteiger partial charge in [-0.15, -0.1) is 0 Å². The standard InChI is InChI=1S/C17H16Br2O/c1-2-12-8-10-14(11-9-12)17(20)16(19)15(18)13-6-4-3-5-7-13/h3-11,15-16H,2H2,1H3/t15-,16-/m1/s1. The molecule has 104 valence electrons. The van der Waals surface area contributed by atoms with Crippen LogP contribution in [0.5, 0.6) is 0 Å². The number of aryl methyl sites for hydroxylation is 1. The van der Waals surface area contributed by atoms with Crippen molar-refractivity contribution in [1.29, 1.82) is 0 Å². The lowest BCUT2D eigenvalue weighted by Crippen LogP contribution is -2.19. The Morgan fingerprint density at radius 1 is 1.00 bits per heavy atom. The maximum atomic E-state index is 12.5. The van der Waals surface area contributed by atoms with E-state index in [1.807, 2.05) is 54.6 Å². The van der Waals surface area contributed by atoms with Crippen molar-refractivity contribution >= 4 is 37.6 Å². The molecular weight excluding hydrogens is 380 g/mol. The molecule has 0 amide bonds. The molecule has 0 fully saturated rings. The Hall–Kier alpha value is -0.930. The number of carbonyl (C=O) groups excluding carboxylic acids is 1. The minimum absolute atomic E-state index is 0.0398. The van der Waals surface area contributed by atoms with Gasteiger partial charge in [-0.25, -0.2) is 0 Å². The number of carbonyl (C=O) groups is 1. The SMILES string of the molecule is CCc1ccc(C(=O)[C@H](Br)[C@H](Br)c2ccccc2)cc1. The fourth-order valence-electron chi connectivity index (χ4n) is 2.00. The van der Waals surface area contributed by atoms with Crippen molar-refractivity contribution in [3.05, 3.63) is 71.3 Å². The van der Waals surface area contributed by atoms with Gasteiger partial charge in [0.25, 0.3) is 0 Å². The zero-order valence-corrected chi connectivity index (χ0v) is 14.4. The second kappa shape index (κ2) is 7.19. The number of rotatable bonds is 5. The Morgan fingerprint density at radius 2 is 1.60 bits per heavy atom. The summed E-state index contributed by atoms with van der Waals surface area (Å²) in [5.74, 6) is 0.0957. The molecule has 0 aliphatic rings. The van der Waals surface area contributed by atoms with Crippen LogP contribution in [0.3, 0.4) is 0 Å². The third-order valence-corrected chi connectivity index (χ3v) is 5.98. The summed E-state index contributed by atoms with van der Waals surface area (Å²) >= 11 is 7.13. The van der Waals surface area contributed by atoms with Crippen molar-refractivity contribution in [2.45, 2.75) is 23.0 Å². The van der Waals surface area contributed by atoms with E-state index < -0.39 is 0 Å². The largest absolute Gasteiger partial charge is 0.293 e. The predicted octanol–water partition coefficient (Wildman–Crippen LogP) is 5.33. The highest BCUT2D eigenvalue weighted by atomic mass is 79.9. The summed E-state index contributed by atoms with van der Waals surface area (Å²) < 4.78 is 0. The smallest absolute Gasteiger partial charge is 0.177 e. The molecule has 0 radical (unpaired) electrons. The molecule has 0 saturated heterocycles. The van der Waals surface area contributed by atoms with Gasteiger partial charge < -0.3 is 0 Å². The maximum Gasteiger partial charge on any atom is 0.177 e.